The first-order chi connectivity index (χ1) is 9.02. The second-order valence-electron chi connectivity index (χ2n) is 4.33. The molecule has 1 aromatic carbocycles. The highest BCUT2D eigenvalue weighted by molar-refractivity contribution is 6.30. The zero-order chi connectivity index (χ0) is 14.0. The number of nitrogens with zero attached hydrogens (tertiary/aromatic N) is 1. The summed E-state index contributed by atoms with van der Waals surface area (Å²) >= 11 is 5.77. The average molecular weight is 276 g/mol. The Balaban J connectivity index is 2.44. The summed E-state index contributed by atoms with van der Waals surface area (Å²) in [5.41, 5.74) is 2.81. The molecule has 0 radical (unpaired) electrons. The van der Waals surface area contributed by atoms with E-state index in [1.54, 1.807) is 19.2 Å². The molecule has 0 bridgehead atoms. The maximum Gasteiger partial charge on any atom is 0.211 e. The van der Waals surface area contributed by atoms with E-state index in [1.165, 1.54) is 6.20 Å². The van der Waals surface area contributed by atoms with Crippen LogP contribution < -0.4 is 4.74 Å². The average Bonchev–Trinajstić information content (AvgIpc) is 2.41. The number of carbonyl (C=O) groups is 1. The molecule has 98 valence electrons. The van der Waals surface area contributed by atoms with Gasteiger partial charge >= 0.3 is 0 Å². The van der Waals surface area contributed by atoms with Crippen molar-refractivity contribution in [2.75, 3.05) is 7.11 Å². The van der Waals surface area contributed by atoms with Gasteiger partial charge in [0.25, 0.3) is 0 Å². The monoisotopic (exact) mass is 275 g/mol. The van der Waals surface area contributed by atoms with E-state index in [4.69, 9.17) is 16.3 Å². The van der Waals surface area contributed by atoms with Crippen molar-refractivity contribution in [2.24, 2.45) is 0 Å². The Kier molecular flexibility index (Phi) is 3.86. The molecule has 0 unspecified atom stereocenters. The minimum Gasteiger partial charge on any atom is -0.496 e. The van der Waals surface area contributed by atoms with Crippen LogP contribution in [0.2, 0.25) is 5.02 Å². The Bertz CT molecular complexity index is 621. The number of methoxy groups -OCH3 is 1. The Hall–Kier alpha value is -1.87. The summed E-state index contributed by atoms with van der Waals surface area (Å²) in [4.78, 5) is 16.4. The first kappa shape index (κ1) is 13.6. The molecule has 2 aromatic rings. The van der Waals surface area contributed by atoms with Crippen LogP contribution in [0.5, 0.6) is 5.75 Å². The van der Waals surface area contributed by atoms with Crippen LogP contribution in [0, 0.1) is 13.8 Å². The standard InChI is InChI=1S/C15H14ClNO2/c1-9-7-14(19-3)10(2)6-12(9)15(18)13-5-4-11(16)8-17-13/h4-8H,1-3H3. The third kappa shape index (κ3) is 2.76. The molecule has 0 fully saturated rings. The molecule has 0 spiro atoms. The lowest BCUT2D eigenvalue weighted by atomic mass is 9.99. The minimum atomic E-state index is -0.111. The number of aryl methyl sites for hydroxylation is 2. The van der Waals surface area contributed by atoms with Crippen molar-refractivity contribution < 1.29 is 9.53 Å². The highest BCUT2D eigenvalue weighted by atomic mass is 35.5. The minimum absolute atomic E-state index is 0.111. The van der Waals surface area contributed by atoms with Gasteiger partial charge < -0.3 is 4.74 Å². The first-order valence-electron chi connectivity index (χ1n) is 5.84. The number of carbonyl (C=O) groups excluding carboxylic acids is 1. The zero-order valence-electron chi connectivity index (χ0n) is 11.0. The molecule has 1 heterocycles. The Labute approximate surface area is 117 Å². The summed E-state index contributed by atoms with van der Waals surface area (Å²) in [5, 5.41) is 0.513. The maximum atomic E-state index is 12.4. The Morgan fingerprint density at radius 1 is 1.21 bits per heavy atom. The topological polar surface area (TPSA) is 39.2 Å². The molecule has 4 heteroatoms. The van der Waals surface area contributed by atoms with Crippen LogP contribution in [0.25, 0.3) is 0 Å². The van der Waals surface area contributed by atoms with Crippen molar-refractivity contribution in [2.45, 2.75) is 13.8 Å². The van der Waals surface area contributed by atoms with Gasteiger partial charge in [-0.25, -0.2) is 0 Å². The molecule has 1 aromatic heterocycles. The largest absolute Gasteiger partial charge is 0.496 e. The van der Waals surface area contributed by atoms with E-state index < -0.39 is 0 Å². The van der Waals surface area contributed by atoms with Gasteiger partial charge in [-0.05, 0) is 49.2 Å². The molecule has 0 saturated heterocycles. The number of ether oxygens (including phenoxy) is 1. The quantitative estimate of drug-likeness (QED) is 0.804. The van der Waals surface area contributed by atoms with Crippen LogP contribution >= 0.6 is 11.6 Å². The molecular formula is C15H14ClNO2. The van der Waals surface area contributed by atoms with Crippen molar-refractivity contribution in [3.05, 3.63) is 57.9 Å². The van der Waals surface area contributed by atoms with Gasteiger partial charge in [0, 0.05) is 11.8 Å². The molecule has 0 aliphatic heterocycles. The summed E-state index contributed by atoms with van der Waals surface area (Å²) in [5.74, 6) is 0.665. The second-order valence-corrected chi connectivity index (χ2v) is 4.76. The third-order valence-corrected chi connectivity index (χ3v) is 3.17. The molecule has 0 aliphatic rings. The van der Waals surface area contributed by atoms with Gasteiger partial charge in [-0.1, -0.05) is 11.6 Å². The van der Waals surface area contributed by atoms with Gasteiger partial charge in [-0.2, -0.15) is 0 Å². The van der Waals surface area contributed by atoms with Gasteiger partial charge in [-0.3, -0.25) is 9.78 Å². The fraction of sp³-hybridized carbons (Fsp3) is 0.200. The van der Waals surface area contributed by atoms with Crippen molar-refractivity contribution in [3.63, 3.8) is 0 Å². The van der Waals surface area contributed by atoms with E-state index in [9.17, 15) is 4.79 Å². The summed E-state index contributed by atoms with van der Waals surface area (Å²) in [6.07, 6.45) is 1.47. The molecule has 0 atom stereocenters. The molecule has 19 heavy (non-hydrogen) atoms. The van der Waals surface area contributed by atoms with Crippen LogP contribution in [-0.4, -0.2) is 17.9 Å². The van der Waals surface area contributed by atoms with Crippen LogP contribution in [0.1, 0.15) is 27.2 Å². The molecule has 2 rings (SSSR count). The number of hydrogen-bond acceptors (Lipinski definition) is 3. The molecule has 3 nitrogen and oxygen atoms in total. The third-order valence-electron chi connectivity index (χ3n) is 2.95. The predicted molar refractivity (Wildman–Crippen MR) is 75.1 cm³/mol. The number of aromatic nitrogens is 1. The molecule has 0 N–H and O–H groups in total. The summed E-state index contributed by atoms with van der Waals surface area (Å²) in [6.45, 7) is 3.79. The van der Waals surface area contributed by atoms with Gasteiger partial charge in [0.1, 0.15) is 11.4 Å². The number of pyridine rings is 1. The van der Waals surface area contributed by atoms with E-state index in [2.05, 4.69) is 4.98 Å². The zero-order valence-corrected chi connectivity index (χ0v) is 11.8. The SMILES string of the molecule is COc1cc(C)c(C(=O)c2ccc(Cl)cn2)cc1C. The van der Waals surface area contributed by atoms with E-state index in [0.29, 0.717) is 16.3 Å². The molecular weight excluding hydrogens is 262 g/mol. The second kappa shape index (κ2) is 5.41. The van der Waals surface area contributed by atoms with Crippen molar-refractivity contribution in [1.82, 2.24) is 4.98 Å². The van der Waals surface area contributed by atoms with Crippen LogP contribution in [-0.2, 0) is 0 Å². The summed E-state index contributed by atoms with van der Waals surface area (Å²) in [6, 6.07) is 6.97. The Morgan fingerprint density at radius 3 is 2.53 bits per heavy atom. The fourth-order valence-corrected chi connectivity index (χ4v) is 2.01. The summed E-state index contributed by atoms with van der Waals surface area (Å²) in [7, 11) is 1.62. The normalized spacial score (nSPS) is 10.3. The number of hydrogen-bond donors (Lipinski definition) is 0. The van der Waals surface area contributed by atoms with Gasteiger partial charge in [-0.15, -0.1) is 0 Å². The van der Waals surface area contributed by atoms with Gasteiger partial charge in [0.05, 0.1) is 12.1 Å². The number of halogens is 1. The van der Waals surface area contributed by atoms with E-state index in [-0.39, 0.29) is 5.78 Å². The van der Waals surface area contributed by atoms with E-state index in [0.717, 1.165) is 16.9 Å². The molecule has 0 aliphatic carbocycles. The van der Waals surface area contributed by atoms with Crippen molar-refractivity contribution in [3.8, 4) is 5.75 Å². The lowest BCUT2D eigenvalue weighted by Gasteiger charge is -2.10. The first-order valence-corrected chi connectivity index (χ1v) is 6.22. The molecule has 0 amide bonds. The number of rotatable bonds is 3. The highest BCUT2D eigenvalue weighted by Crippen LogP contribution is 2.24. The summed E-state index contributed by atoms with van der Waals surface area (Å²) < 4.78 is 5.24. The van der Waals surface area contributed by atoms with E-state index in [1.807, 2.05) is 26.0 Å². The smallest absolute Gasteiger partial charge is 0.211 e. The number of ketones is 1. The predicted octanol–water partition coefficient (Wildman–Crippen LogP) is 3.59. The van der Waals surface area contributed by atoms with Crippen LogP contribution in [0.3, 0.4) is 0 Å². The van der Waals surface area contributed by atoms with Gasteiger partial charge in [0.2, 0.25) is 5.78 Å². The fourth-order valence-electron chi connectivity index (χ4n) is 1.90. The van der Waals surface area contributed by atoms with Crippen molar-refractivity contribution >= 4 is 17.4 Å². The number of benzene rings is 1. The molecule has 0 saturated carbocycles. The van der Waals surface area contributed by atoms with Crippen molar-refractivity contribution in [1.29, 1.82) is 0 Å². The highest BCUT2D eigenvalue weighted by Gasteiger charge is 2.15. The lowest BCUT2D eigenvalue weighted by Crippen LogP contribution is -2.07. The lowest BCUT2D eigenvalue weighted by molar-refractivity contribution is 0.103. The van der Waals surface area contributed by atoms with Crippen LogP contribution in [0.4, 0.5) is 0 Å². The maximum absolute atomic E-state index is 12.4. The van der Waals surface area contributed by atoms with Crippen LogP contribution in [0.15, 0.2) is 30.5 Å². The van der Waals surface area contributed by atoms with Gasteiger partial charge in [0.15, 0.2) is 0 Å². The Morgan fingerprint density at radius 2 is 1.95 bits per heavy atom. The van der Waals surface area contributed by atoms with E-state index >= 15 is 0 Å².